The average molecular weight is 285 g/mol. The Morgan fingerprint density at radius 3 is 2.63 bits per heavy atom. The molecule has 106 valence electrons. The van der Waals surface area contributed by atoms with Crippen LogP contribution in [0.25, 0.3) is 0 Å². The molecule has 6 nitrogen and oxygen atoms in total. The highest BCUT2D eigenvalue weighted by Crippen LogP contribution is 2.19. The number of carboxylic acid groups (broad SMARTS) is 1. The summed E-state index contributed by atoms with van der Waals surface area (Å²) in [4.78, 5) is 23.0. The number of nitrogens with zero attached hydrogens (tertiary/aromatic N) is 2. The van der Waals surface area contributed by atoms with Crippen molar-refractivity contribution in [3.8, 4) is 0 Å². The van der Waals surface area contributed by atoms with Gasteiger partial charge in [0.1, 0.15) is 4.88 Å². The molecule has 1 heterocycles. The maximum absolute atomic E-state index is 12.0. The number of amides is 1. The molecule has 0 aliphatic carbocycles. The van der Waals surface area contributed by atoms with E-state index in [4.69, 9.17) is 5.11 Å². The molecule has 0 radical (unpaired) electrons. The van der Waals surface area contributed by atoms with E-state index in [2.05, 4.69) is 14.9 Å². The number of carbonyl (C=O) groups excluding carboxylic acids is 1. The summed E-state index contributed by atoms with van der Waals surface area (Å²) in [7, 11) is 0. The van der Waals surface area contributed by atoms with Crippen LogP contribution in [-0.2, 0) is 4.79 Å². The molecule has 0 bridgehead atoms. The van der Waals surface area contributed by atoms with E-state index in [9.17, 15) is 9.59 Å². The van der Waals surface area contributed by atoms with Crippen LogP contribution in [-0.4, -0.2) is 33.1 Å². The van der Waals surface area contributed by atoms with Crippen LogP contribution < -0.4 is 5.32 Å². The lowest BCUT2D eigenvalue weighted by atomic mass is 10.1. The van der Waals surface area contributed by atoms with Crippen molar-refractivity contribution >= 4 is 23.4 Å². The first-order valence-corrected chi connectivity index (χ1v) is 7.01. The Bertz CT molecular complexity index is 445. The summed E-state index contributed by atoms with van der Waals surface area (Å²) in [6.07, 6.45) is 0.671. The van der Waals surface area contributed by atoms with Crippen LogP contribution >= 0.6 is 11.5 Å². The van der Waals surface area contributed by atoms with Crippen LogP contribution in [0.15, 0.2) is 0 Å². The minimum atomic E-state index is -0.813. The zero-order valence-electron chi connectivity index (χ0n) is 11.3. The summed E-state index contributed by atoms with van der Waals surface area (Å²) in [6, 6.07) is 0. The lowest BCUT2D eigenvalue weighted by Crippen LogP contribution is -2.28. The monoisotopic (exact) mass is 285 g/mol. The summed E-state index contributed by atoms with van der Waals surface area (Å²) < 4.78 is 3.80. The second kappa shape index (κ2) is 7.18. The first-order valence-electron chi connectivity index (χ1n) is 6.24. The fourth-order valence-electron chi connectivity index (χ4n) is 1.55. The molecule has 1 unspecified atom stereocenters. The molecule has 1 atom stereocenters. The van der Waals surface area contributed by atoms with Gasteiger partial charge >= 0.3 is 5.97 Å². The van der Waals surface area contributed by atoms with Gasteiger partial charge in [-0.3, -0.25) is 9.59 Å². The van der Waals surface area contributed by atoms with E-state index in [-0.39, 0.29) is 24.2 Å². The van der Waals surface area contributed by atoms with Crippen LogP contribution in [0, 0.1) is 5.92 Å². The van der Waals surface area contributed by atoms with Crippen molar-refractivity contribution in [2.24, 2.45) is 5.92 Å². The Kier molecular flexibility index (Phi) is 5.88. The molecule has 0 aliphatic rings. The van der Waals surface area contributed by atoms with Gasteiger partial charge in [-0.05, 0) is 29.8 Å². The van der Waals surface area contributed by atoms with Gasteiger partial charge in [-0.1, -0.05) is 25.3 Å². The highest BCUT2D eigenvalue weighted by atomic mass is 32.1. The molecule has 1 rings (SSSR count). The number of hydrogen-bond acceptors (Lipinski definition) is 5. The molecule has 0 aliphatic heterocycles. The van der Waals surface area contributed by atoms with Crippen LogP contribution in [0.1, 0.15) is 54.9 Å². The maximum Gasteiger partial charge on any atom is 0.303 e. The Hall–Kier alpha value is -1.50. The van der Waals surface area contributed by atoms with E-state index >= 15 is 0 Å². The number of nitrogens with one attached hydrogen (secondary N) is 1. The molecule has 0 fully saturated rings. The molecule has 7 heteroatoms. The number of hydrogen-bond donors (Lipinski definition) is 2. The van der Waals surface area contributed by atoms with Crippen molar-refractivity contribution in [1.82, 2.24) is 14.9 Å². The molecule has 1 aromatic heterocycles. The Labute approximate surface area is 116 Å². The maximum atomic E-state index is 12.0. The third kappa shape index (κ3) is 4.94. The Balaban J connectivity index is 2.47. The minimum absolute atomic E-state index is 0.121. The molecule has 0 spiro atoms. The fourth-order valence-corrected chi connectivity index (χ4v) is 2.29. The highest BCUT2D eigenvalue weighted by molar-refractivity contribution is 7.08. The average Bonchev–Trinajstić information content (AvgIpc) is 2.82. The van der Waals surface area contributed by atoms with Crippen LogP contribution in [0.3, 0.4) is 0 Å². The van der Waals surface area contributed by atoms with E-state index < -0.39 is 5.97 Å². The van der Waals surface area contributed by atoms with E-state index in [0.717, 1.165) is 11.5 Å². The molecule has 0 aromatic carbocycles. The number of aliphatic carboxylic acids is 1. The lowest BCUT2D eigenvalue weighted by molar-refractivity contribution is -0.137. The normalized spacial score (nSPS) is 12.4. The van der Waals surface area contributed by atoms with Gasteiger partial charge in [0.2, 0.25) is 0 Å². The first kappa shape index (κ1) is 15.6. The van der Waals surface area contributed by atoms with Crippen LogP contribution in [0.2, 0.25) is 0 Å². The van der Waals surface area contributed by atoms with Crippen molar-refractivity contribution in [2.45, 2.75) is 39.5 Å². The van der Waals surface area contributed by atoms with Crippen LogP contribution in [0.5, 0.6) is 0 Å². The number of carboxylic acids is 1. The van der Waals surface area contributed by atoms with Gasteiger partial charge < -0.3 is 10.4 Å². The second-order valence-electron chi connectivity index (χ2n) is 4.89. The van der Waals surface area contributed by atoms with Crippen molar-refractivity contribution < 1.29 is 14.7 Å². The summed E-state index contributed by atoms with van der Waals surface area (Å²) in [5.74, 6) is -0.708. The smallest absolute Gasteiger partial charge is 0.303 e. The minimum Gasteiger partial charge on any atom is -0.481 e. The summed E-state index contributed by atoms with van der Waals surface area (Å²) in [5, 5.41) is 15.3. The van der Waals surface area contributed by atoms with Crippen molar-refractivity contribution in [3.63, 3.8) is 0 Å². The largest absolute Gasteiger partial charge is 0.481 e. The second-order valence-corrected chi connectivity index (χ2v) is 5.64. The van der Waals surface area contributed by atoms with E-state index in [1.165, 1.54) is 0 Å². The van der Waals surface area contributed by atoms with Gasteiger partial charge in [-0.25, -0.2) is 0 Å². The molecule has 0 saturated carbocycles. The van der Waals surface area contributed by atoms with Gasteiger partial charge in [0, 0.05) is 13.0 Å². The predicted octanol–water partition coefficient (Wildman–Crippen LogP) is 1.89. The van der Waals surface area contributed by atoms with Crippen molar-refractivity contribution in [3.05, 3.63) is 10.6 Å². The lowest BCUT2D eigenvalue weighted by Gasteiger charge is -2.11. The Morgan fingerprint density at radius 2 is 2.05 bits per heavy atom. The number of rotatable bonds is 7. The van der Waals surface area contributed by atoms with Crippen molar-refractivity contribution in [2.75, 3.05) is 6.54 Å². The predicted molar refractivity (Wildman–Crippen MR) is 72.4 cm³/mol. The summed E-state index contributed by atoms with van der Waals surface area (Å²) in [5.41, 5.74) is 0.709. The molecule has 2 N–H and O–H groups in total. The highest BCUT2D eigenvalue weighted by Gasteiger charge is 2.18. The molecule has 19 heavy (non-hydrogen) atoms. The van der Waals surface area contributed by atoms with Gasteiger partial charge in [0.05, 0.1) is 5.69 Å². The van der Waals surface area contributed by atoms with E-state index in [1.54, 1.807) is 0 Å². The zero-order valence-corrected chi connectivity index (χ0v) is 12.2. The van der Waals surface area contributed by atoms with Crippen molar-refractivity contribution in [1.29, 1.82) is 0 Å². The van der Waals surface area contributed by atoms with E-state index in [1.807, 2.05) is 20.8 Å². The van der Waals surface area contributed by atoms with Gasteiger partial charge in [0.15, 0.2) is 0 Å². The van der Waals surface area contributed by atoms with Gasteiger partial charge in [0.25, 0.3) is 5.91 Å². The quantitative estimate of drug-likeness (QED) is 0.798. The molecular formula is C12H19N3O3S. The third-order valence-electron chi connectivity index (χ3n) is 2.73. The summed E-state index contributed by atoms with van der Waals surface area (Å²) in [6.45, 7) is 6.30. The third-order valence-corrected chi connectivity index (χ3v) is 3.47. The first-order chi connectivity index (χ1) is 8.91. The van der Waals surface area contributed by atoms with E-state index in [0.29, 0.717) is 23.5 Å². The standard InChI is InChI=1S/C12H19N3O3S/c1-7(2)10-11(19-15-14-10)12(18)13-6-8(3)4-5-9(16)17/h7-8H,4-6H2,1-3H3,(H,13,18)(H,16,17). The zero-order chi connectivity index (χ0) is 14.4. The Morgan fingerprint density at radius 1 is 1.37 bits per heavy atom. The molecular weight excluding hydrogens is 266 g/mol. The molecule has 1 amide bonds. The fraction of sp³-hybridized carbons (Fsp3) is 0.667. The topological polar surface area (TPSA) is 92.2 Å². The number of carbonyl (C=O) groups is 2. The molecule has 0 saturated heterocycles. The van der Waals surface area contributed by atoms with Gasteiger partial charge in [-0.15, -0.1) is 5.10 Å². The van der Waals surface area contributed by atoms with Crippen LogP contribution in [0.4, 0.5) is 0 Å². The SMILES string of the molecule is CC(CCC(=O)O)CNC(=O)c1snnc1C(C)C. The number of aromatic nitrogens is 2. The van der Waals surface area contributed by atoms with Gasteiger partial charge in [-0.2, -0.15) is 0 Å². The summed E-state index contributed by atoms with van der Waals surface area (Å²) >= 11 is 1.09. The molecule has 1 aromatic rings.